The molecular weight excluding hydrogens is 385 g/mol. The van der Waals surface area contributed by atoms with Gasteiger partial charge in [-0.3, -0.25) is 9.59 Å². The maximum Gasteiger partial charge on any atom is 0.274 e. The number of hydrogen-bond donors (Lipinski definition) is 2. The number of aromatic nitrogens is 2. The smallest absolute Gasteiger partial charge is 0.274 e. The van der Waals surface area contributed by atoms with Crippen molar-refractivity contribution in [2.45, 2.75) is 20.8 Å². The normalized spacial score (nSPS) is 12.3. The number of ether oxygens (including phenoxy) is 1. The molecule has 0 aliphatic rings. The SMILES string of the molecule is CN/C=C\C(=C(/C=O)Oc1c(C)cc(F)cc1C)c1cn(C)c(=O)c2[nH]c(C)cc12. The van der Waals surface area contributed by atoms with Gasteiger partial charge in [-0.1, -0.05) is 0 Å². The van der Waals surface area contributed by atoms with Crippen molar-refractivity contribution in [2.24, 2.45) is 7.05 Å². The second-order valence-electron chi connectivity index (χ2n) is 7.19. The fourth-order valence-electron chi connectivity index (χ4n) is 3.47. The summed E-state index contributed by atoms with van der Waals surface area (Å²) in [5.41, 5.74) is 3.40. The highest BCUT2D eigenvalue weighted by molar-refractivity contribution is 5.99. The summed E-state index contributed by atoms with van der Waals surface area (Å²) in [4.78, 5) is 27.7. The van der Waals surface area contributed by atoms with Gasteiger partial charge in [-0.2, -0.15) is 0 Å². The number of halogens is 1. The van der Waals surface area contributed by atoms with Crippen molar-refractivity contribution in [3.05, 3.63) is 81.0 Å². The van der Waals surface area contributed by atoms with E-state index in [-0.39, 0.29) is 17.1 Å². The molecule has 0 fully saturated rings. The maximum atomic E-state index is 13.7. The quantitative estimate of drug-likeness (QED) is 0.282. The van der Waals surface area contributed by atoms with E-state index in [1.165, 1.54) is 16.7 Å². The maximum absolute atomic E-state index is 13.7. The highest BCUT2D eigenvalue weighted by Gasteiger charge is 2.18. The largest absolute Gasteiger partial charge is 0.453 e. The lowest BCUT2D eigenvalue weighted by atomic mass is 10.0. The van der Waals surface area contributed by atoms with Crippen molar-refractivity contribution in [1.82, 2.24) is 14.9 Å². The summed E-state index contributed by atoms with van der Waals surface area (Å²) in [5.74, 6) is 0.102. The lowest BCUT2D eigenvalue weighted by Crippen LogP contribution is -2.17. The van der Waals surface area contributed by atoms with Crippen LogP contribution in [0.1, 0.15) is 22.4 Å². The molecule has 3 aromatic rings. The number of aldehydes is 1. The third kappa shape index (κ3) is 3.91. The molecule has 0 saturated carbocycles. The molecule has 0 spiro atoms. The molecule has 0 radical (unpaired) electrons. The Kier molecular flexibility index (Phi) is 5.91. The molecule has 1 aromatic carbocycles. The van der Waals surface area contributed by atoms with Crippen LogP contribution in [0.15, 0.2) is 47.2 Å². The Labute approximate surface area is 173 Å². The molecule has 3 rings (SSSR count). The van der Waals surface area contributed by atoms with Crippen molar-refractivity contribution in [1.29, 1.82) is 0 Å². The van der Waals surface area contributed by atoms with Crippen molar-refractivity contribution in [2.75, 3.05) is 7.05 Å². The Morgan fingerprint density at radius 2 is 1.87 bits per heavy atom. The van der Waals surface area contributed by atoms with E-state index in [1.807, 2.05) is 13.0 Å². The summed E-state index contributed by atoms with van der Waals surface area (Å²) in [6.07, 6.45) is 5.67. The highest BCUT2D eigenvalue weighted by atomic mass is 19.1. The van der Waals surface area contributed by atoms with Crippen LogP contribution in [0.25, 0.3) is 16.5 Å². The molecule has 2 N–H and O–H groups in total. The molecule has 0 saturated heterocycles. The van der Waals surface area contributed by atoms with Crippen LogP contribution >= 0.6 is 0 Å². The zero-order valence-corrected chi connectivity index (χ0v) is 17.6. The topological polar surface area (TPSA) is 76.1 Å². The Morgan fingerprint density at radius 3 is 2.47 bits per heavy atom. The van der Waals surface area contributed by atoms with Gasteiger partial charge < -0.3 is 19.6 Å². The average Bonchev–Trinajstić information content (AvgIpc) is 3.08. The summed E-state index contributed by atoms with van der Waals surface area (Å²) < 4.78 is 21.1. The second-order valence-corrected chi connectivity index (χ2v) is 7.19. The number of H-pyrrole nitrogens is 1. The molecule has 6 nitrogen and oxygen atoms in total. The summed E-state index contributed by atoms with van der Waals surface area (Å²) in [7, 11) is 3.39. The molecule has 7 heteroatoms. The van der Waals surface area contributed by atoms with Gasteiger partial charge in [-0.05, 0) is 62.4 Å². The lowest BCUT2D eigenvalue weighted by molar-refractivity contribution is -0.106. The molecule has 0 atom stereocenters. The van der Waals surface area contributed by atoms with E-state index in [0.29, 0.717) is 45.2 Å². The van der Waals surface area contributed by atoms with Crippen molar-refractivity contribution >= 4 is 22.8 Å². The number of pyridine rings is 1. The van der Waals surface area contributed by atoms with Gasteiger partial charge in [0.25, 0.3) is 5.56 Å². The van der Waals surface area contributed by atoms with Crippen LogP contribution in [-0.4, -0.2) is 22.9 Å². The third-order valence-electron chi connectivity index (χ3n) is 4.82. The first kappa shape index (κ1) is 21.1. The molecule has 2 heterocycles. The standard InChI is InChI=1S/C23H24FN3O3/c1-13-8-16(24)9-14(2)22(13)30-20(12-28)17(6-7-25-4)19-11-27(5)23(29)21-18(19)10-15(3)26-21/h6-12,25-26H,1-5H3/b7-6-,20-17-. The van der Waals surface area contributed by atoms with E-state index in [1.54, 1.807) is 46.4 Å². The fourth-order valence-corrected chi connectivity index (χ4v) is 3.47. The first-order valence-electron chi connectivity index (χ1n) is 9.44. The molecule has 0 amide bonds. The molecule has 0 unspecified atom stereocenters. The first-order chi connectivity index (χ1) is 14.3. The summed E-state index contributed by atoms with van der Waals surface area (Å²) >= 11 is 0. The van der Waals surface area contributed by atoms with Crippen LogP contribution in [0.3, 0.4) is 0 Å². The highest BCUT2D eigenvalue weighted by Crippen LogP contribution is 2.31. The van der Waals surface area contributed by atoms with Gasteiger partial charge in [0.05, 0.1) is 0 Å². The molecule has 0 bridgehead atoms. The van der Waals surface area contributed by atoms with Gasteiger partial charge in [0.1, 0.15) is 17.1 Å². The number of hydrogen-bond acceptors (Lipinski definition) is 4. The predicted octanol–water partition coefficient (Wildman–Crippen LogP) is 3.65. The predicted molar refractivity (Wildman–Crippen MR) is 116 cm³/mol. The fraction of sp³-hybridized carbons (Fsp3) is 0.217. The van der Waals surface area contributed by atoms with Gasteiger partial charge in [0.15, 0.2) is 12.0 Å². The van der Waals surface area contributed by atoms with Gasteiger partial charge in [-0.25, -0.2) is 4.39 Å². The number of aromatic amines is 1. The van der Waals surface area contributed by atoms with Crippen LogP contribution in [0.2, 0.25) is 0 Å². The molecule has 0 aliphatic heterocycles. The number of carbonyl (C=O) groups is 1. The van der Waals surface area contributed by atoms with Gasteiger partial charge in [0, 0.05) is 42.5 Å². The molecular formula is C23H24FN3O3. The molecule has 0 aliphatic carbocycles. The van der Waals surface area contributed by atoms with Crippen LogP contribution < -0.4 is 15.6 Å². The lowest BCUT2D eigenvalue weighted by Gasteiger charge is -2.15. The van der Waals surface area contributed by atoms with E-state index >= 15 is 0 Å². The van der Waals surface area contributed by atoms with Crippen molar-refractivity contribution in [3.8, 4) is 5.75 Å². The van der Waals surface area contributed by atoms with E-state index in [4.69, 9.17) is 4.74 Å². The van der Waals surface area contributed by atoms with Gasteiger partial charge in [-0.15, -0.1) is 0 Å². The van der Waals surface area contributed by atoms with Crippen LogP contribution in [0.4, 0.5) is 4.39 Å². The van der Waals surface area contributed by atoms with E-state index in [2.05, 4.69) is 10.3 Å². The number of fused-ring (bicyclic) bond motifs is 1. The number of carbonyl (C=O) groups excluding carboxylic acids is 1. The monoisotopic (exact) mass is 409 g/mol. The van der Waals surface area contributed by atoms with Crippen molar-refractivity contribution in [3.63, 3.8) is 0 Å². The minimum atomic E-state index is -0.369. The van der Waals surface area contributed by atoms with Crippen LogP contribution in [-0.2, 0) is 11.8 Å². The average molecular weight is 409 g/mol. The summed E-state index contributed by atoms with van der Waals surface area (Å²) in [6, 6.07) is 4.57. The van der Waals surface area contributed by atoms with Crippen LogP contribution in [0, 0.1) is 26.6 Å². The van der Waals surface area contributed by atoms with Gasteiger partial charge >= 0.3 is 0 Å². The summed E-state index contributed by atoms with van der Waals surface area (Å²) in [5, 5.41) is 3.59. The molecule has 30 heavy (non-hydrogen) atoms. The van der Waals surface area contributed by atoms with E-state index < -0.39 is 0 Å². The molecule has 2 aromatic heterocycles. The van der Waals surface area contributed by atoms with E-state index in [0.717, 1.165) is 5.69 Å². The summed E-state index contributed by atoms with van der Waals surface area (Å²) in [6.45, 7) is 5.30. The van der Waals surface area contributed by atoms with E-state index in [9.17, 15) is 14.0 Å². The number of benzene rings is 1. The zero-order valence-electron chi connectivity index (χ0n) is 17.6. The number of aryl methyl sites for hydroxylation is 4. The molecule has 156 valence electrons. The Balaban J connectivity index is 2.31. The number of nitrogens with one attached hydrogen (secondary N) is 2. The number of rotatable bonds is 6. The Hall–Kier alpha value is -3.61. The second kappa shape index (κ2) is 8.41. The first-order valence-corrected chi connectivity index (χ1v) is 9.44. The number of nitrogens with zero attached hydrogens (tertiary/aromatic N) is 1. The third-order valence-corrected chi connectivity index (χ3v) is 4.82. The van der Waals surface area contributed by atoms with Crippen LogP contribution in [0.5, 0.6) is 5.75 Å². The zero-order chi connectivity index (χ0) is 22.0. The van der Waals surface area contributed by atoms with Crippen molar-refractivity contribution < 1.29 is 13.9 Å². The minimum absolute atomic E-state index is 0.0538. The Morgan fingerprint density at radius 1 is 1.20 bits per heavy atom. The Bertz CT molecular complexity index is 1230. The minimum Gasteiger partial charge on any atom is -0.453 e. The van der Waals surface area contributed by atoms with Gasteiger partial charge in [0.2, 0.25) is 0 Å². The number of allylic oxidation sites excluding steroid dienone is 3.